The van der Waals surface area contributed by atoms with Crippen LogP contribution in [-0.2, 0) is 4.79 Å². The number of nitrogens with one attached hydrogen (secondary N) is 3. The highest BCUT2D eigenvalue weighted by Crippen LogP contribution is 2.32. The molecule has 2 aromatic carbocycles. The van der Waals surface area contributed by atoms with Crippen LogP contribution in [-0.4, -0.2) is 78.1 Å². The maximum absolute atomic E-state index is 13.0. The Labute approximate surface area is 202 Å². The maximum Gasteiger partial charge on any atom is 0.318 e. The number of carbonyl (C=O) groups excluding carboxylic acids is 3. The minimum atomic E-state index is -0.749. The summed E-state index contributed by atoms with van der Waals surface area (Å²) in [6.45, 7) is 4.19. The van der Waals surface area contributed by atoms with Gasteiger partial charge in [-0.25, -0.2) is 4.79 Å². The predicted octanol–water partition coefficient (Wildman–Crippen LogP) is 2.43. The van der Waals surface area contributed by atoms with Gasteiger partial charge < -0.3 is 34.9 Å². The average Bonchev–Trinajstić information content (AvgIpc) is 3.32. The van der Waals surface area contributed by atoms with Gasteiger partial charge in [0.15, 0.2) is 11.5 Å². The van der Waals surface area contributed by atoms with Gasteiger partial charge in [-0.2, -0.15) is 0 Å². The van der Waals surface area contributed by atoms with E-state index in [1.807, 2.05) is 24.3 Å². The molecule has 10 nitrogen and oxygen atoms in total. The predicted molar refractivity (Wildman–Crippen MR) is 130 cm³/mol. The summed E-state index contributed by atoms with van der Waals surface area (Å²) in [5, 5.41) is 6.41. The highest BCUT2D eigenvalue weighted by Gasteiger charge is 2.27. The van der Waals surface area contributed by atoms with Crippen molar-refractivity contribution < 1.29 is 23.9 Å². The number of para-hydroxylation sites is 1. The van der Waals surface area contributed by atoms with E-state index in [1.54, 1.807) is 41.1 Å². The quantitative estimate of drug-likeness (QED) is 0.534. The van der Waals surface area contributed by atoms with Gasteiger partial charge in [0.2, 0.25) is 5.91 Å². The molecule has 1 fully saturated rings. The Kier molecular flexibility index (Phi) is 6.17. The molecule has 10 heteroatoms. The second-order valence-corrected chi connectivity index (χ2v) is 8.55. The van der Waals surface area contributed by atoms with Crippen LogP contribution >= 0.6 is 0 Å². The minimum Gasteiger partial charge on any atom is -0.486 e. The highest BCUT2D eigenvalue weighted by molar-refractivity contribution is 6.06. The fourth-order valence-electron chi connectivity index (χ4n) is 4.25. The fourth-order valence-corrected chi connectivity index (χ4v) is 4.25. The molecule has 2 aliphatic rings. The number of hydrogen-bond donors (Lipinski definition) is 3. The first-order chi connectivity index (χ1) is 17.0. The lowest BCUT2D eigenvalue weighted by atomic mass is 10.1. The number of anilines is 1. The Hall–Kier alpha value is -4.21. The van der Waals surface area contributed by atoms with E-state index in [-0.39, 0.29) is 17.8 Å². The first kappa shape index (κ1) is 22.6. The number of piperazine rings is 1. The standard InChI is InChI=1S/C25H27N5O5/c1-16(23(31)28-17-6-7-21-22(14-17)35-13-12-34-21)27-25(33)30-10-8-29(9-11-30)24(32)19-15-26-20-5-3-2-4-18(19)20/h2-7,14-16,26H,8-13H2,1H3,(H,27,33)(H,28,31). The molecule has 3 heterocycles. The molecule has 3 aromatic rings. The molecule has 1 unspecified atom stereocenters. The maximum atomic E-state index is 13.0. The van der Waals surface area contributed by atoms with Crippen molar-refractivity contribution in [3.05, 3.63) is 54.2 Å². The summed E-state index contributed by atoms with van der Waals surface area (Å²) >= 11 is 0. The van der Waals surface area contributed by atoms with E-state index in [4.69, 9.17) is 9.47 Å². The van der Waals surface area contributed by atoms with Crippen molar-refractivity contribution in [3.63, 3.8) is 0 Å². The van der Waals surface area contributed by atoms with Crippen molar-refractivity contribution in [1.82, 2.24) is 20.1 Å². The number of carbonyl (C=O) groups is 3. The normalized spacial score (nSPS) is 16.0. The van der Waals surface area contributed by atoms with Crippen LogP contribution in [0.25, 0.3) is 10.9 Å². The summed E-state index contributed by atoms with van der Waals surface area (Å²) in [6, 6.07) is 11.7. The third-order valence-corrected chi connectivity index (χ3v) is 6.22. The molecule has 0 saturated carbocycles. The SMILES string of the molecule is CC(NC(=O)N1CCN(C(=O)c2c[nH]c3ccccc23)CC1)C(=O)Nc1ccc2c(c1)OCCO2. The van der Waals surface area contributed by atoms with E-state index in [0.717, 1.165) is 10.9 Å². The molecule has 0 aliphatic carbocycles. The number of hydrogen-bond acceptors (Lipinski definition) is 5. The second-order valence-electron chi connectivity index (χ2n) is 8.55. The van der Waals surface area contributed by atoms with Gasteiger partial charge in [0, 0.05) is 55.0 Å². The zero-order chi connectivity index (χ0) is 24.4. The summed E-state index contributed by atoms with van der Waals surface area (Å²) < 4.78 is 11.0. The number of nitrogens with zero attached hydrogens (tertiary/aromatic N) is 2. The van der Waals surface area contributed by atoms with E-state index < -0.39 is 6.04 Å². The van der Waals surface area contributed by atoms with Crippen LogP contribution < -0.4 is 20.1 Å². The van der Waals surface area contributed by atoms with Gasteiger partial charge in [0.1, 0.15) is 19.3 Å². The molecule has 0 radical (unpaired) electrons. The van der Waals surface area contributed by atoms with Crippen molar-refractivity contribution in [2.45, 2.75) is 13.0 Å². The number of aromatic amines is 1. The van der Waals surface area contributed by atoms with E-state index in [1.165, 1.54) is 0 Å². The van der Waals surface area contributed by atoms with Crippen molar-refractivity contribution in [2.24, 2.45) is 0 Å². The van der Waals surface area contributed by atoms with E-state index >= 15 is 0 Å². The third-order valence-electron chi connectivity index (χ3n) is 6.22. The number of rotatable bonds is 4. The molecule has 5 rings (SSSR count). The number of aromatic nitrogens is 1. The molecular formula is C25H27N5O5. The zero-order valence-corrected chi connectivity index (χ0v) is 19.4. The van der Waals surface area contributed by atoms with Crippen molar-refractivity contribution in [2.75, 3.05) is 44.7 Å². The summed E-state index contributed by atoms with van der Waals surface area (Å²) in [4.78, 5) is 44.8. The van der Waals surface area contributed by atoms with Crippen molar-refractivity contribution in [1.29, 1.82) is 0 Å². The average molecular weight is 478 g/mol. The zero-order valence-electron chi connectivity index (χ0n) is 19.4. The van der Waals surface area contributed by atoms with Crippen molar-refractivity contribution >= 4 is 34.4 Å². The van der Waals surface area contributed by atoms with Crippen molar-refractivity contribution in [3.8, 4) is 11.5 Å². The highest BCUT2D eigenvalue weighted by atomic mass is 16.6. The Morgan fingerprint density at radius 1 is 0.943 bits per heavy atom. The van der Waals surface area contributed by atoms with Gasteiger partial charge in [-0.05, 0) is 25.1 Å². The molecule has 1 saturated heterocycles. The molecule has 0 bridgehead atoms. The Balaban J connectivity index is 1.12. The fraction of sp³-hybridized carbons (Fsp3) is 0.320. The minimum absolute atomic E-state index is 0.0605. The summed E-state index contributed by atoms with van der Waals surface area (Å²) in [6.07, 6.45) is 1.73. The molecular weight excluding hydrogens is 450 g/mol. The third kappa shape index (κ3) is 4.72. The van der Waals surface area contributed by atoms with Crippen LogP contribution in [0.3, 0.4) is 0 Å². The van der Waals surface area contributed by atoms with Crippen LogP contribution in [0, 0.1) is 0 Å². The van der Waals surface area contributed by atoms with Gasteiger partial charge in [-0.1, -0.05) is 18.2 Å². The summed E-state index contributed by atoms with van der Waals surface area (Å²) in [5.74, 6) is 0.807. The first-order valence-corrected chi connectivity index (χ1v) is 11.6. The summed E-state index contributed by atoms with van der Waals surface area (Å²) in [7, 11) is 0. The van der Waals surface area contributed by atoms with E-state index in [0.29, 0.717) is 62.1 Å². The lowest BCUT2D eigenvalue weighted by Crippen LogP contribution is -2.55. The Morgan fingerprint density at radius 3 is 2.46 bits per heavy atom. The van der Waals surface area contributed by atoms with Gasteiger partial charge in [-0.15, -0.1) is 0 Å². The molecule has 0 spiro atoms. The smallest absolute Gasteiger partial charge is 0.318 e. The molecule has 35 heavy (non-hydrogen) atoms. The lowest BCUT2D eigenvalue weighted by Gasteiger charge is -2.35. The molecule has 3 N–H and O–H groups in total. The van der Waals surface area contributed by atoms with Gasteiger partial charge >= 0.3 is 6.03 Å². The van der Waals surface area contributed by atoms with Crippen LogP contribution in [0.1, 0.15) is 17.3 Å². The Bertz CT molecular complexity index is 1260. The number of amides is 4. The number of H-pyrrole nitrogens is 1. The lowest BCUT2D eigenvalue weighted by molar-refractivity contribution is -0.117. The molecule has 1 atom stereocenters. The topological polar surface area (TPSA) is 116 Å². The monoisotopic (exact) mass is 477 g/mol. The van der Waals surface area contributed by atoms with Crippen LogP contribution in [0.15, 0.2) is 48.7 Å². The second kappa shape index (κ2) is 9.57. The molecule has 1 aromatic heterocycles. The van der Waals surface area contributed by atoms with Gasteiger partial charge in [0.25, 0.3) is 5.91 Å². The summed E-state index contributed by atoms with van der Waals surface area (Å²) in [5.41, 5.74) is 2.10. The molecule has 182 valence electrons. The Morgan fingerprint density at radius 2 is 1.66 bits per heavy atom. The molecule has 4 amide bonds. The number of ether oxygens (including phenoxy) is 2. The van der Waals surface area contributed by atoms with Gasteiger partial charge in [-0.3, -0.25) is 9.59 Å². The van der Waals surface area contributed by atoms with Crippen LogP contribution in [0.4, 0.5) is 10.5 Å². The number of urea groups is 1. The van der Waals surface area contributed by atoms with Gasteiger partial charge in [0.05, 0.1) is 5.56 Å². The van der Waals surface area contributed by atoms with Crippen LogP contribution in [0.5, 0.6) is 11.5 Å². The molecule has 2 aliphatic heterocycles. The first-order valence-electron chi connectivity index (χ1n) is 11.6. The van der Waals surface area contributed by atoms with E-state index in [2.05, 4.69) is 15.6 Å². The van der Waals surface area contributed by atoms with Crippen LogP contribution in [0.2, 0.25) is 0 Å². The van der Waals surface area contributed by atoms with E-state index in [9.17, 15) is 14.4 Å². The largest absolute Gasteiger partial charge is 0.486 e. The number of fused-ring (bicyclic) bond motifs is 2. The number of benzene rings is 2.